The van der Waals surface area contributed by atoms with Gasteiger partial charge in [0.25, 0.3) is 0 Å². The van der Waals surface area contributed by atoms with E-state index in [-0.39, 0.29) is 0 Å². The quantitative estimate of drug-likeness (QED) is 0.858. The first-order valence-electron chi connectivity index (χ1n) is 5.45. The van der Waals surface area contributed by atoms with E-state index in [1.165, 1.54) is 6.42 Å². The lowest BCUT2D eigenvalue weighted by molar-refractivity contribution is 0.552. The standard InChI is InChI=1S/C10H13N5S/c1-2-10(16-5-1)15-9(12-13-14-15)6-8-3-4-11-7-8/h1-2,5,8,11H,3-4,6-7H2. The third-order valence-electron chi connectivity index (χ3n) is 2.88. The molecule has 1 fully saturated rings. The van der Waals surface area contributed by atoms with Crippen LogP contribution in [0, 0.1) is 5.92 Å². The monoisotopic (exact) mass is 235 g/mol. The Hall–Kier alpha value is -1.27. The van der Waals surface area contributed by atoms with E-state index in [9.17, 15) is 0 Å². The van der Waals surface area contributed by atoms with Crippen LogP contribution in [0.1, 0.15) is 12.2 Å². The summed E-state index contributed by atoms with van der Waals surface area (Å²) in [7, 11) is 0. The van der Waals surface area contributed by atoms with Gasteiger partial charge >= 0.3 is 0 Å². The molecular formula is C10H13N5S. The number of tetrazole rings is 1. The molecule has 0 amide bonds. The fourth-order valence-electron chi connectivity index (χ4n) is 2.04. The molecule has 0 saturated carbocycles. The highest BCUT2D eigenvalue weighted by molar-refractivity contribution is 7.12. The highest BCUT2D eigenvalue weighted by Gasteiger charge is 2.19. The fourth-order valence-corrected chi connectivity index (χ4v) is 2.74. The van der Waals surface area contributed by atoms with Gasteiger partial charge in [-0.15, -0.1) is 16.4 Å². The lowest BCUT2D eigenvalue weighted by Gasteiger charge is -2.06. The molecule has 1 aliphatic rings. The molecule has 0 spiro atoms. The molecule has 0 radical (unpaired) electrons. The Morgan fingerprint density at radius 2 is 2.56 bits per heavy atom. The molecule has 3 heterocycles. The van der Waals surface area contributed by atoms with E-state index >= 15 is 0 Å². The van der Waals surface area contributed by atoms with E-state index in [0.717, 1.165) is 30.3 Å². The highest BCUT2D eigenvalue weighted by Crippen LogP contribution is 2.18. The van der Waals surface area contributed by atoms with Crippen LogP contribution in [0.15, 0.2) is 17.5 Å². The second-order valence-corrected chi connectivity index (χ2v) is 4.95. The summed E-state index contributed by atoms with van der Waals surface area (Å²) in [6.45, 7) is 2.20. The van der Waals surface area contributed by atoms with Crippen LogP contribution in [0.5, 0.6) is 0 Å². The van der Waals surface area contributed by atoms with Gasteiger partial charge < -0.3 is 5.32 Å². The van der Waals surface area contributed by atoms with Crippen molar-refractivity contribution in [2.24, 2.45) is 5.92 Å². The summed E-state index contributed by atoms with van der Waals surface area (Å²) in [6, 6.07) is 4.06. The van der Waals surface area contributed by atoms with Gasteiger partial charge in [0.1, 0.15) is 5.00 Å². The molecule has 1 N–H and O–H groups in total. The summed E-state index contributed by atoms with van der Waals surface area (Å²) in [5.74, 6) is 1.64. The van der Waals surface area contributed by atoms with Crippen LogP contribution in [0.4, 0.5) is 0 Å². The maximum atomic E-state index is 4.12. The molecule has 2 aromatic rings. The normalized spacial score (nSPS) is 20.4. The third kappa shape index (κ3) is 1.85. The van der Waals surface area contributed by atoms with Crippen LogP contribution in [-0.2, 0) is 6.42 Å². The zero-order chi connectivity index (χ0) is 10.8. The van der Waals surface area contributed by atoms with Gasteiger partial charge in [-0.2, -0.15) is 4.68 Å². The molecule has 1 atom stereocenters. The smallest absolute Gasteiger partial charge is 0.157 e. The molecule has 2 aromatic heterocycles. The first kappa shape index (κ1) is 9.92. The van der Waals surface area contributed by atoms with Gasteiger partial charge in [-0.3, -0.25) is 0 Å². The summed E-state index contributed by atoms with van der Waals surface area (Å²) in [5.41, 5.74) is 0. The van der Waals surface area contributed by atoms with Crippen LogP contribution in [0.2, 0.25) is 0 Å². The van der Waals surface area contributed by atoms with Gasteiger partial charge in [-0.05, 0) is 53.4 Å². The lowest BCUT2D eigenvalue weighted by atomic mass is 10.1. The molecule has 0 aromatic carbocycles. The minimum atomic E-state index is 0.671. The first-order chi connectivity index (χ1) is 7.93. The van der Waals surface area contributed by atoms with Crippen molar-refractivity contribution in [1.29, 1.82) is 0 Å². The Labute approximate surface area is 97.5 Å². The van der Waals surface area contributed by atoms with Crippen LogP contribution < -0.4 is 5.32 Å². The van der Waals surface area contributed by atoms with Gasteiger partial charge in [-0.25, -0.2) is 0 Å². The van der Waals surface area contributed by atoms with E-state index in [0.29, 0.717) is 5.92 Å². The van der Waals surface area contributed by atoms with E-state index in [1.54, 1.807) is 11.3 Å². The van der Waals surface area contributed by atoms with Crippen molar-refractivity contribution in [2.75, 3.05) is 13.1 Å². The minimum absolute atomic E-state index is 0.671. The Balaban J connectivity index is 1.82. The summed E-state index contributed by atoms with van der Waals surface area (Å²) in [5, 5.41) is 18.4. The summed E-state index contributed by atoms with van der Waals surface area (Å²) >= 11 is 1.66. The maximum absolute atomic E-state index is 4.12. The minimum Gasteiger partial charge on any atom is -0.316 e. The van der Waals surface area contributed by atoms with Crippen molar-refractivity contribution in [3.63, 3.8) is 0 Å². The van der Waals surface area contributed by atoms with Crippen LogP contribution >= 0.6 is 11.3 Å². The van der Waals surface area contributed by atoms with E-state index in [4.69, 9.17) is 0 Å². The predicted octanol–water partition coefficient (Wildman–Crippen LogP) is 0.876. The molecule has 1 saturated heterocycles. The van der Waals surface area contributed by atoms with Crippen molar-refractivity contribution < 1.29 is 0 Å². The molecule has 0 aliphatic carbocycles. The Morgan fingerprint density at radius 3 is 3.31 bits per heavy atom. The third-order valence-corrected chi connectivity index (χ3v) is 3.73. The Morgan fingerprint density at radius 1 is 1.56 bits per heavy atom. The number of nitrogens with one attached hydrogen (secondary N) is 1. The van der Waals surface area contributed by atoms with Crippen molar-refractivity contribution in [3.8, 4) is 5.00 Å². The maximum Gasteiger partial charge on any atom is 0.157 e. The van der Waals surface area contributed by atoms with Crippen molar-refractivity contribution in [2.45, 2.75) is 12.8 Å². The highest BCUT2D eigenvalue weighted by atomic mass is 32.1. The van der Waals surface area contributed by atoms with Crippen LogP contribution in [0.3, 0.4) is 0 Å². The number of aromatic nitrogens is 4. The van der Waals surface area contributed by atoms with Gasteiger partial charge in [-0.1, -0.05) is 0 Å². The largest absolute Gasteiger partial charge is 0.316 e. The zero-order valence-corrected chi connectivity index (χ0v) is 9.65. The average molecular weight is 235 g/mol. The first-order valence-corrected chi connectivity index (χ1v) is 6.33. The number of thiophene rings is 1. The summed E-state index contributed by atoms with van der Waals surface area (Å²) in [4.78, 5) is 0. The predicted molar refractivity (Wildman–Crippen MR) is 61.7 cm³/mol. The van der Waals surface area contributed by atoms with Crippen LogP contribution in [0.25, 0.3) is 5.00 Å². The summed E-state index contributed by atoms with van der Waals surface area (Å²) in [6.07, 6.45) is 2.18. The van der Waals surface area contributed by atoms with E-state index < -0.39 is 0 Å². The lowest BCUT2D eigenvalue weighted by Crippen LogP contribution is -2.13. The number of nitrogens with zero attached hydrogens (tertiary/aromatic N) is 4. The number of hydrogen-bond donors (Lipinski definition) is 1. The molecule has 3 rings (SSSR count). The Kier molecular flexibility index (Phi) is 2.67. The Bertz CT molecular complexity index is 443. The van der Waals surface area contributed by atoms with Crippen molar-refractivity contribution >= 4 is 11.3 Å². The average Bonchev–Trinajstić information content (AvgIpc) is 2.98. The number of hydrogen-bond acceptors (Lipinski definition) is 5. The topological polar surface area (TPSA) is 55.6 Å². The van der Waals surface area contributed by atoms with Gasteiger partial charge in [0.05, 0.1) is 0 Å². The van der Waals surface area contributed by atoms with Crippen LogP contribution in [-0.4, -0.2) is 33.3 Å². The number of rotatable bonds is 3. The molecule has 84 valence electrons. The van der Waals surface area contributed by atoms with Gasteiger partial charge in [0, 0.05) is 6.42 Å². The molecule has 1 aliphatic heterocycles. The molecule has 5 nitrogen and oxygen atoms in total. The van der Waals surface area contributed by atoms with E-state index in [1.807, 2.05) is 22.2 Å². The molecule has 0 bridgehead atoms. The van der Waals surface area contributed by atoms with E-state index in [2.05, 4.69) is 20.8 Å². The molecule has 1 unspecified atom stereocenters. The molecule has 16 heavy (non-hydrogen) atoms. The molecule has 6 heteroatoms. The van der Waals surface area contributed by atoms with Gasteiger partial charge in [0.15, 0.2) is 5.82 Å². The van der Waals surface area contributed by atoms with Gasteiger partial charge in [0.2, 0.25) is 0 Å². The second-order valence-electron chi connectivity index (χ2n) is 4.02. The SMILES string of the molecule is c1csc(-n2nnnc2CC2CCNC2)c1. The second kappa shape index (κ2) is 4.31. The zero-order valence-electron chi connectivity index (χ0n) is 8.83. The molecular weight excluding hydrogens is 222 g/mol. The summed E-state index contributed by atoms with van der Waals surface area (Å²) < 4.78 is 1.85. The van der Waals surface area contributed by atoms with Crippen molar-refractivity contribution in [3.05, 3.63) is 23.3 Å². The van der Waals surface area contributed by atoms with Crippen molar-refractivity contribution in [1.82, 2.24) is 25.5 Å². The fraction of sp³-hybridized carbons (Fsp3) is 0.500.